The van der Waals surface area contributed by atoms with Crippen molar-refractivity contribution < 1.29 is 19.4 Å². The van der Waals surface area contributed by atoms with Crippen LogP contribution in [0.2, 0.25) is 0 Å². The van der Waals surface area contributed by atoms with Crippen LogP contribution >= 0.6 is 0 Å². The molecule has 1 N–H and O–H groups in total. The second-order valence-electron chi connectivity index (χ2n) is 6.09. The van der Waals surface area contributed by atoms with E-state index in [1.165, 1.54) is 13.2 Å². The molecule has 2 rings (SSSR count). The zero-order valence-electron chi connectivity index (χ0n) is 12.5. The molecule has 0 amide bonds. The van der Waals surface area contributed by atoms with Crippen molar-refractivity contribution in [2.45, 2.75) is 39.7 Å². The van der Waals surface area contributed by atoms with Crippen molar-refractivity contribution in [1.29, 1.82) is 0 Å². The molecular formula is C16H22O4. The molecule has 20 heavy (non-hydrogen) atoms. The minimum atomic E-state index is -0.576. The molecule has 0 aromatic rings. The third kappa shape index (κ3) is 2.22. The topological polar surface area (TPSA) is 63.6 Å². The first-order valence-corrected chi connectivity index (χ1v) is 7.06. The molecule has 0 bridgehead atoms. The van der Waals surface area contributed by atoms with E-state index in [0.29, 0.717) is 17.9 Å². The summed E-state index contributed by atoms with van der Waals surface area (Å²) in [7, 11) is 1.32. The fraction of sp³-hybridized carbons (Fsp3) is 0.625. The standard InChI is InChI=1S/C16H22O4/c1-9-5-6-13(17)12-7-14(18)11(8-16(9,12)3)10(2)15(19)20-4/h7-10,13,17H,5-6H2,1-4H3/t9-,10-,13+,16+/m0/s1. The Labute approximate surface area is 119 Å². The number of carbonyl (C=O) groups excluding carboxylic acids is 2. The second-order valence-corrected chi connectivity index (χ2v) is 6.09. The number of esters is 1. The zero-order valence-corrected chi connectivity index (χ0v) is 12.5. The van der Waals surface area contributed by atoms with Crippen molar-refractivity contribution in [3.8, 4) is 0 Å². The maximum atomic E-state index is 12.2. The molecular weight excluding hydrogens is 256 g/mol. The maximum Gasteiger partial charge on any atom is 0.312 e. The smallest absolute Gasteiger partial charge is 0.312 e. The van der Waals surface area contributed by atoms with Gasteiger partial charge in [-0.1, -0.05) is 19.9 Å². The summed E-state index contributed by atoms with van der Waals surface area (Å²) in [5, 5.41) is 10.1. The number of aliphatic hydroxyl groups is 1. The summed E-state index contributed by atoms with van der Waals surface area (Å²) in [5.74, 6) is -0.851. The normalized spacial score (nSPS) is 34.8. The Morgan fingerprint density at radius 2 is 2.15 bits per heavy atom. The molecule has 4 atom stereocenters. The minimum Gasteiger partial charge on any atom is -0.469 e. The van der Waals surface area contributed by atoms with E-state index in [9.17, 15) is 14.7 Å². The number of fused-ring (bicyclic) bond motifs is 1. The van der Waals surface area contributed by atoms with E-state index in [1.807, 2.05) is 13.0 Å². The molecule has 0 aromatic carbocycles. The largest absolute Gasteiger partial charge is 0.469 e. The molecule has 0 aromatic heterocycles. The second kappa shape index (κ2) is 5.17. The Hall–Kier alpha value is -1.42. The van der Waals surface area contributed by atoms with Gasteiger partial charge in [-0.15, -0.1) is 0 Å². The van der Waals surface area contributed by atoms with Gasteiger partial charge in [-0.05, 0) is 37.3 Å². The fourth-order valence-corrected chi connectivity index (χ4v) is 3.24. The number of ether oxygens (including phenoxy) is 1. The molecule has 0 saturated heterocycles. The van der Waals surface area contributed by atoms with E-state index in [1.54, 1.807) is 6.92 Å². The SMILES string of the molecule is COC(=O)[C@@H](C)C1=C[C@@]2(C)C(=CC1=O)[C@H](O)CC[C@@H]2C. The molecule has 4 heteroatoms. The highest BCUT2D eigenvalue weighted by molar-refractivity contribution is 6.09. The first-order chi connectivity index (χ1) is 9.31. The summed E-state index contributed by atoms with van der Waals surface area (Å²) in [6, 6.07) is 0. The van der Waals surface area contributed by atoms with Gasteiger partial charge in [-0.3, -0.25) is 9.59 Å². The Bertz CT molecular complexity index is 503. The van der Waals surface area contributed by atoms with Crippen molar-refractivity contribution >= 4 is 11.8 Å². The monoisotopic (exact) mass is 278 g/mol. The molecule has 1 saturated carbocycles. The summed E-state index contributed by atoms with van der Waals surface area (Å²) in [4.78, 5) is 23.9. The number of hydrogen-bond acceptors (Lipinski definition) is 4. The van der Waals surface area contributed by atoms with Crippen LogP contribution in [0.15, 0.2) is 23.3 Å². The molecule has 0 heterocycles. The summed E-state index contributed by atoms with van der Waals surface area (Å²) < 4.78 is 4.73. The summed E-state index contributed by atoms with van der Waals surface area (Å²) in [6.45, 7) is 5.83. The van der Waals surface area contributed by atoms with Crippen molar-refractivity contribution in [1.82, 2.24) is 0 Å². The van der Waals surface area contributed by atoms with Gasteiger partial charge in [0.1, 0.15) is 0 Å². The number of rotatable bonds is 2. The van der Waals surface area contributed by atoms with Crippen LogP contribution in [0.25, 0.3) is 0 Å². The van der Waals surface area contributed by atoms with Gasteiger partial charge in [0.15, 0.2) is 5.78 Å². The predicted molar refractivity (Wildman–Crippen MR) is 74.9 cm³/mol. The van der Waals surface area contributed by atoms with Crippen LogP contribution in [-0.4, -0.2) is 30.1 Å². The number of hydrogen-bond donors (Lipinski definition) is 1. The Morgan fingerprint density at radius 3 is 2.75 bits per heavy atom. The molecule has 1 fully saturated rings. The van der Waals surface area contributed by atoms with Gasteiger partial charge in [-0.25, -0.2) is 0 Å². The van der Waals surface area contributed by atoms with Crippen LogP contribution in [0.4, 0.5) is 0 Å². The summed E-state index contributed by atoms with van der Waals surface area (Å²) >= 11 is 0. The fourth-order valence-electron chi connectivity index (χ4n) is 3.24. The van der Waals surface area contributed by atoms with Gasteiger partial charge >= 0.3 is 5.97 Å². The number of aliphatic hydroxyl groups excluding tert-OH is 1. The van der Waals surface area contributed by atoms with Crippen LogP contribution in [0, 0.1) is 17.3 Å². The van der Waals surface area contributed by atoms with Crippen molar-refractivity contribution in [3.05, 3.63) is 23.3 Å². The van der Waals surface area contributed by atoms with Crippen molar-refractivity contribution in [3.63, 3.8) is 0 Å². The Balaban J connectivity index is 2.43. The molecule has 0 unspecified atom stereocenters. The first-order valence-electron chi connectivity index (χ1n) is 7.06. The van der Waals surface area contributed by atoms with Gasteiger partial charge in [0, 0.05) is 11.0 Å². The summed E-state index contributed by atoms with van der Waals surface area (Å²) in [6.07, 6.45) is 4.42. The van der Waals surface area contributed by atoms with Crippen molar-refractivity contribution in [2.75, 3.05) is 7.11 Å². The predicted octanol–water partition coefficient (Wildman–Crippen LogP) is 2.03. The number of ketones is 1. The highest BCUT2D eigenvalue weighted by atomic mass is 16.5. The van der Waals surface area contributed by atoms with Gasteiger partial charge in [-0.2, -0.15) is 0 Å². The lowest BCUT2D eigenvalue weighted by Gasteiger charge is -2.44. The molecule has 110 valence electrons. The van der Waals surface area contributed by atoms with E-state index in [2.05, 4.69) is 6.92 Å². The Kier molecular flexibility index (Phi) is 3.87. The van der Waals surface area contributed by atoms with Crippen LogP contribution in [0.1, 0.15) is 33.6 Å². The van der Waals surface area contributed by atoms with Crippen LogP contribution in [0.5, 0.6) is 0 Å². The number of methoxy groups -OCH3 is 1. The third-order valence-electron chi connectivity index (χ3n) is 4.93. The first kappa shape index (κ1) is 15.0. The van der Waals surface area contributed by atoms with Gasteiger partial charge in [0.05, 0.1) is 19.1 Å². The lowest BCUT2D eigenvalue weighted by molar-refractivity contribution is -0.144. The van der Waals surface area contributed by atoms with Gasteiger partial charge in [0.2, 0.25) is 0 Å². The molecule has 0 radical (unpaired) electrons. The zero-order chi connectivity index (χ0) is 15.1. The van der Waals surface area contributed by atoms with E-state index in [4.69, 9.17) is 4.74 Å². The molecule has 4 nitrogen and oxygen atoms in total. The van der Waals surface area contributed by atoms with E-state index in [-0.39, 0.29) is 11.2 Å². The highest BCUT2D eigenvalue weighted by Gasteiger charge is 2.44. The highest BCUT2D eigenvalue weighted by Crippen LogP contribution is 2.49. The average Bonchev–Trinajstić information content (AvgIpc) is 2.43. The summed E-state index contributed by atoms with van der Waals surface area (Å²) in [5.41, 5.74) is 0.898. The van der Waals surface area contributed by atoms with Crippen LogP contribution < -0.4 is 0 Å². The maximum absolute atomic E-state index is 12.2. The quantitative estimate of drug-likeness (QED) is 0.785. The minimum absolute atomic E-state index is 0.191. The van der Waals surface area contributed by atoms with Crippen LogP contribution in [0.3, 0.4) is 0 Å². The van der Waals surface area contributed by atoms with Gasteiger partial charge < -0.3 is 9.84 Å². The van der Waals surface area contributed by atoms with E-state index in [0.717, 1.165) is 12.0 Å². The lowest BCUT2D eigenvalue weighted by atomic mass is 9.60. The Morgan fingerprint density at radius 1 is 1.50 bits per heavy atom. The molecule has 2 aliphatic carbocycles. The molecule has 0 aliphatic heterocycles. The van der Waals surface area contributed by atoms with E-state index >= 15 is 0 Å². The number of carbonyl (C=O) groups is 2. The number of allylic oxidation sites excluding steroid dienone is 2. The lowest BCUT2D eigenvalue weighted by Crippen LogP contribution is -2.41. The van der Waals surface area contributed by atoms with Crippen molar-refractivity contribution in [2.24, 2.45) is 17.3 Å². The van der Waals surface area contributed by atoms with Gasteiger partial charge in [0.25, 0.3) is 0 Å². The van der Waals surface area contributed by atoms with E-state index < -0.39 is 18.0 Å². The third-order valence-corrected chi connectivity index (χ3v) is 4.93. The average molecular weight is 278 g/mol. The molecule has 0 spiro atoms. The van der Waals surface area contributed by atoms with Crippen LogP contribution in [-0.2, 0) is 14.3 Å². The molecule has 2 aliphatic rings.